The average Bonchev–Trinajstić information content (AvgIpc) is 2.65. The number of rotatable bonds is 8. The van der Waals surface area contributed by atoms with Crippen molar-refractivity contribution < 1.29 is 51.5 Å². The Balaban J connectivity index is 0.00000392. The number of hydrogen-bond donors (Lipinski definition) is 1. The Kier molecular flexibility index (Phi) is 10.9. The predicted molar refractivity (Wildman–Crippen MR) is 109 cm³/mol. The Bertz CT molecular complexity index is 645. The molecule has 1 aliphatic rings. The van der Waals surface area contributed by atoms with Gasteiger partial charge >= 0.3 is 5.97 Å². The molecule has 1 heterocycles. The fourth-order valence-corrected chi connectivity index (χ4v) is 3.99. The SMILES string of the molecule is CCCCOC(=O)C1CCC[N+](CC)(CC(=O)Nc2c(C)cccc2C)C1.[Y]. The molecule has 1 aliphatic heterocycles. The summed E-state index contributed by atoms with van der Waals surface area (Å²) in [7, 11) is 0. The zero-order valence-electron chi connectivity index (χ0n) is 17.9. The van der Waals surface area contributed by atoms with Gasteiger partial charge in [0.25, 0.3) is 5.91 Å². The maximum atomic E-state index is 12.8. The van der Waals surface area contributed by atoms with Gasteiger partial charge in [0.1, 0.15) is 5.92 Å². The summed E-state index contributed by atoms with van der Waals surface area (Å²) in [5.74, 6) is -0.160. The van der Waals surface area contributed by atoms with Gasteiger partial charge < -0.3 is 14.5 Å². The molecule has 0 aliphatic carbocycles. The van der Waals surface area contributed by atoms with E-state index >= 15 is 0 Å². The third-order valence-electron chi connectivity index (χ3n) is 5.76. The van der Waals surface area contributed by atoms with Gasteiger partial charge in [-0.25, -0.2) is 0 Å². The number of hydrogen-bond acceptors (Lipinski definition) is 3. The fourth-order valence-electron chi connectivity index (χ4n) is 3.99. The van der Waals surface area contributed by atoms with Gasteiger partial charge in [-0.05, 0) is 51.2 Å². The monoisotopic (exact) mass is 464 g/mol. The number of anilines is 1. The zero-order valence-corrected chi connectivity index (χ0v) is 20.8. The van der Waals surface area contributed by atoms with Crippen LogP contribution in [0.3, 0.4) is 0 Å². The molecular formula is C22H35N2O3Y+. The minimum Gasteiger partial charge on any atom is -0.465 e. The number of nitrogens with zero attached hydrogens (tertiary/aromatic N) is 1. The van der Waals surface area contributed by atoms with Crippen LogP contribution in [0.4, 0.5) is 5.69 Å². The first-order valence-electron chi connectivity index (χ1n) is 10.3. The molecular weight excluding hydrogens is 429 g/mol. The van der Waals surface area contributed by atoms with Crippen molar-refractivity contribution in [3.63, 3.8) is 0 Å². The number of esters is 1. The summed E-state index contributed by atoms with van der Waals surface area (Å²) in [4.78, 5) is 25.2. The second-order valence-corrected chi connectivity index (χ2v) is 7.90. The van der Waals surface area contributed by atoms with Crippen LogP contribution in [0.5, 0.6) is 0 Å². The van der Waals surface area contributed by atoms with Crippen LogP contribution in [0.25, 0.3) is 0 Å². The van der Waals surface area contributed by atoms with E-state index in [4.69, 9.17) is 4.74 Å². The van der Waals surface area contributed by atoms with Gasteiger partial charge in [-0.1, -0.05) is 31.5 Å². The van der Waals surface area contributed by atoms with E-state index in [0.29, 0.717) is 24.2 Å². The van der Waals surface area contributed by atoms with E-state index in [9.17, 15) is 9.59 Å². The Hall–Kier alpha value is -0.776. The fraction of sp³-hybridized carbons (Fsp3) is 0.636. The molecule has 0 aromatic heterocycles. The van der Waals surface area contributed by atoms with Crippen LogP contribution in [-0.2, 0) is 47.0 Å². The predicted octanol–water partition coefficient (Wildman–Crippen LogP) is 3.83. The van der Waals surface area contributed by atoms with Crippen molar-refractivity contribution in [1.29, 1.82) is 0 Å². The number of benzene rings is 1. The van der Waals surface area contributed by atoms with Crippen LogP contribution in [0.15, 0.2) is 18.2 Å². The Morgan fingerprint density at radius 3 is 2.50 bits per heavy atom. The van der Waals surface area contributed by atoms with E-state index in [-0.39, 0.29) is 50.5 Å². The number of likely N-dealkylation sites (N-methyl/N-ethyl adjacent to an activating group) is 1. The molecule has 0 spiro atoms. The van der Waals surface area contributed by atoms with Crippen LogP contribution < -0.4 is 5.32 Å². The summed E-state index contributed by atoms with van der Waals surface area (Å²) in [5, 5.41) is 3.10. The average molecular weight is 464 g/mol. The first-order chi connectivity index (χ1) is 12.9. The van der Waals surface area contributed by atoms with Crippen molar-refractivity contribution in [2.45, 2.75) is 53.4 Å². The molecule has 1 N–H and O–H groups in total. The summed E-state index contributed by atoms with van der Waals surface area (Å²) >= 11 is 0. The molecule has 0 saturated carbocycles. The first kappa shape index (κ1) is 25.3. The van der Waals surface area contributed by atoms with Gasteiger partial charge in [0.2, 0.25) is 0 Å². The van der Waals surface area contributed by atoms with E-state index in [1.165, 1.54) is 0 Å². The van der Waals surface area contributed by atoms with E-state index in [2.05, 4.69) is 19.2 Å². The van der Waals surface area contributed by atoms with Crippen LogP contribution >= 0.6 is 0 Å². The number of piperidine rings is 1. The molecule has 1 aromatic rings. The van der Waals surface area contributed by atoms with E-state index in [1.807, 2.05) is 32.0 Å². The Morgan fingerprint density at radius 2 is 1.89 bits per heavy atom. The number of nitrogens with one attached hydrogen (secondary N) is 1. The first-order valence-corrected chi connectivity index (χ1v) is 10.3. The largest absolute Gasteiger partial charge is 0.465 e. The van der Waals surface area contributed by atoms with E-state index in [1.54, 1.807) is 0 Å². The Labute approximate surface area is 195 Å². The third-order valence-corrected chi connectivity index (χ3v) is 5.76. The molecule has 5 nitrogen and oxygen atoms in total. The van der Waals surface area contributed by atoms with Crippen molar-refractivity contribution in [2.75, 3.05) is 38.1 Å². The van der Waals surface area contributed by atoms with Gasteiger partial charge in [-0.15, -0.1) is 0 Å². The quantitative estimate of drug-likeness (QED) is 0.362. The summed E-state index contributed by atoms with van der Waals surface area (Å²) in [5.41, 5.74) is 3.05. The number of quaternary nitrogens is 1. The summed E-state index contributed by atoms with van der Waals surface area (Å²) in [6, 6.07) is 6.02. The normalized spacial score (nSPS) is 21.5. The van der Waals surface area contributed by atoms with E-state index < -0.39 is 0 Å². The van der Waals surface area contributed by atoms with Gasteiger partial charge in [-0.2, -0.15) is 0 Å². The molecule has 1 radical (unpaired) electrons. The van der Waals surface area contributed by atoms with Crippen molar-refractivity contribution in [3.05, 3.63) is 29.3 Å². The van der Waals surface area contributed by atoms with Gasteiger partial charge in [0.05, 0.1) is 26.2 Å². The number of likely N-dealkylation sites (tertiary alicyclic amines) is 1. The minimum absolute atomic E-state index is 0. The smallest absolute Gasteiger partial charge is 0.314 e. The van der Waals surface area contributed by atoms with Crippen LogP contribution in [0, 0.1) is 19.8 Å². The van der Waals surface area contributed by atoms with Crippen molar-refractivity contribution in [2.24, 2.45) is 5.92 Å². The molecule has 153 valence electrons. The number of para-hydroxylation sites is 1. The second-order valence-electron chi connectivity index (χ2n) is 7.90. The van der Waals surface area contributed by atoms with E-state index in [0.717, 1.165) is 55.6 Å². The standard InChI is InChI=1S/C22H34N2O3.Y/c1-5-7-14-27-22(26)19-12-9-13-24(6-2,15-19)16-20(25)23-21-17(3)10-8-11-18(21)4;/h8,10-11,19H,5-7,9,12-16H2,1-4H3;/p+1. The molecule has 2 unspecified atom stereocenters. The van der Waals surface area contributed by atoms with Crippen LogP contribution in [-0.4, -0.2) is 49.1 Å². The molecule has 6 heteroatoms. The number of carbonyl (C=O) groups is 2. The molecule has 0 bridgehead atoms. The maximum Gasteiger partial charge on any atom is 0.314 e. The number of carbonyl (C=O) groups excluding carboxylic acids is 2. The van der Waals surface area contributed by atoms with Crippen LogP contribution in [0.2, 0.25) is 0 Å². The number of amides is 1. The number of aryl methyl sites for hydroxylation is 2. The van der Waals surface area contributed by atoms with Gasteiger partial charge in [0.15, 0.2) is 6.54 Å². The summed E-state index contributed by atoms with van der Waals surface area (Å²) < 4.78 is 6.10. The summed E-state index contributed by atoms with van der Waals surface area (Å²) in [6.07, 6.45) is 3.75. The molecule has 1 amide bonds. The van der Waals surface area contributed by atoms with Crippen molar-refractivity contribution in [1.82, 2.24) is 0 Å². The molecule has 1 saturated heterocycles. The van der Waals surface area contributed by atoms with Gasteiger partial charge in [-0.3, -0.25) is 9.59 Å². The maximum absolute atomic E-state index is 12.8. The van der Waals surface area contributed by atoms with Crippen molar-refractivity contribution >= 4 is 17.6 Å². The number of unbranched alkanes of at least 4 members (excludes halogenated alkanes) is 1. The molecule has 1 aromatic carbocycles. The number of ether oxygens (including phenoxy) is 1. The van der Waals surface area contributed by atoms with Crippen molar-refractivity contribution in [3.8, 4) is 0 Å². The molecule has 2 rings (SSSR count). The zero-order chi connectivity index (χ0) is 19.9. The molecule has 28 heavy (non-hydrogen) atoms. The van der Waals surface area contributed by atoms with Crippen LogP contribution in [0.1, 0.15) is 50.7 Å². The second kappa shape index (κ2) is 12.0. The molecule has 1 fully saturated rings. The third kappa shape index (κ3) is 6.93. The van der Waals surface area contributed by atoms with Gasteiger partial charge in [0, 0.05) is 38.4 Å². The minimum atomic E-state index is -0.0939. The summed E-state index contributed by atoms with van der Waals surface area (Å²) in [6.45, 7) is 11.6. The molecule has 2 atom stereocenters. The topological polar surface area (TPSA) is 55.4 Å². The Morgan fingerprint density at radius 1 is 1.21 bits per heavy atom.